The largest absolute Gasteiger partial charge is 0.365 e. The summed E-state index contributed by atoms with van der Waals surface area (Å²) in [5.41, 5.74) is 1.67. The van der Waals surface area contributed by atoms with E-state index in [9.17, 15) is 4.79 Å². The molecular weight excluding hydrogens is 268 g/mol. The minimum Gasteiger partial charge on any atom is -0.365 e. The molecule has 2 aromatic rings. The third-order valence-electron chi connectivity index (χ3n) is 3.53. The van der Waals surface area contributed by atoms with Crippen molar-refractivity contribution in [3.05, 3.63) is 30.6 Å². The molecule has 1 N–H and O–H groups in total. The van der Waals surface area contributed by atoms with Crippen molar-refractivity contribution >= 4 is 11.6 Å². The van der Waals surface area contributed by atoms with Crippen molar-refractivity contribution in [1.82, 2.24) is 14.8 Å². The molecule has 0 spiro atoms. The standard InChI is InChI=1S/C15H18N4O2/c1-10-3-8-13(21-10)15(20)17-12-6-4-11(5-7-12)14-16-9-19(2)18-14/h4-7,9-10,13H,3,8H2,1-2H3,(H,17,20)/t10-,13-/m1/s1. The average molecular weight is 286 g/mol. The van der Waals surface area contributed by atoms with Crippen molar-refractivity contribution in [2.75, 3.05) is 5.32 Å². The number of carbonyl (C=O) groups is 1. The number of carbonyl (C=O) groups excluding carboxylic acids is 1. The highest BCUT2D eigenvalue weighted by Gasteiger charge is 2.28. The van der Waals surface area contributed by atoms with Gasteiger partial charge in [0.1, 0.15) is 12.4 Å². The minimum absolute atomic E-state index is 0.0805. The van der Waals surface area contributed by atoms with Gasteiger partial charge in [-0.2, -0.15) is 5.10 Å². The number of benzene rings is 1. The van der Waals surface area contributed by atoms with Gasteiger partial charge in [-0.05, 0) is 44.0 Å². The number of rotatable bonds is 3. The Labute approximate surface area is 123 Å². The molecule has 1 amide bonds. The van der Waals surface area contributed by atoms with E-state index in [0.29, 0.717) is 5.82 Å². The number of nitrogens with one attached hydrogen (secondary N) is 1. The lowest BCUT2D eigenvalue weighted by molar-refractivity contribution is -0.126. The second kappa shape index (κ2) is 5.65. The van der Waals surface area contributed by atoms with Crippen LogP contribution in [-0.4, -0.2) is 32.9 Å². The number of nitrogens with zero attached hydrogens (tertiary/aromatic N) is 3. The predicted octanol–water partition coefficient (Wildman–Crippen LogP) is 1.99. The first-order chi connectivity index (χ1) is 10.1. The summed E-state index contributed by atoms with van der Waals surface area (Å²) in [5, 5.41) is 7.12. The van der Waals surface area contributed by atoms with Crippen molar-refractivity contribution < 1.29 is 9.53 Å². The van der Waals surface area contributed by atoms with Crippen LogP contribution in [0.3, 0.4) is 0 Å². The first-order valence-corrected chi connectivity index (χ1v) is 7.04. The van der Waals surface area contributed by atoms with Crippen LogP contribution in [0.2, 0.25) is 0 Å². The highest BCUT2D eigenvalue weighted by atomic mass is 16.5. The summed E-state index contributed by atoms with van der Waals surface area (Å²) in [7, 11) is 1.83. The summed E-state index contributed by atoms with van der Waals surface area (Å²) in [6.45, 7) is 1.99. The van der Waals surface area contributed by atoms with Crippen molar-refractivity contribution in [3.63, 3.8) is 0 Å². The Morgan fingerprint density at radius 3 is 2.67 bits per heavy atom. The number of hydrogen-bond donors (Lipinski definition) is 1. The number of aryl methyl sites for hydroxylation is 1. The van der Waals surface area contributed by atoms with Gasteiger partial charge in [-0.1, -0.05) is 0 Å². The van der Waals surface area contributed by atoms with Crippen LogP contribution in [0.1, 0.15) is 19.8 Å². The van der Waals surface area contributed by atoms with Crippen LogP contribution in [-0.2, 0) is 16.6 Å². The van der Waals surface area contributed by atoms with E-state index in [4.69, 9.17) is 4.74 Å². The third kappa shape index (κ3) is 3.11. The SMILES string of the molecule is C[C@@H]1CC[C@H](C(=O)Nc2ccc(-c3ncn(C)n3)cc2)O1. The van der Waals surface area contributed by atoms with E-state index in [2.05, 4.69) is 15.4 Å². The van der Waals surface area contributed by atoms with Gasteiger partial charge in [0.15, 0.2) is 5.82 Å². The van der Waals surface area contributed by atoms with Crippen LogP contribution in [0, 0.1) is 0 Å². The van der Waals surface area contributed by atoms with Gasteiger partial charge in [-0.3, -0.25) is 9.48 Å². The molecule has 0 bridgehead atoms. The molecule has 6 heteroatoms. The van der Waals surface area contributed by atoms with Crippen molar-refractivity contribution in [1.29, 1.82) is 0 Å². The fourth-order valence-electron chi connectivity index (χ4n) is 2.39. The molecule has 1 aromatic heterocycles. The molecule has 110 valence electrons. The van der Waals surface area contributed by atoms with E-state index < -0.39 is 0 Å². The van der Waals surface area contributed by atoms with Crippen molar-refractivity contribution in [2.24, 2.45) is 7.05 Å². The van der Waals surface area contributed by atoms with Gasteiger partial charge in [0.25, 0.3) is 5.91 Å². The molecule has 1 aliphatic rings. The second-order valence-corrected chi connectivity index (χ2v) is 5.32. The second-order valence-electron chi connectivity index (χ2n) is 5.32. The fraction of sp³-hybridized carbons (Fsp3) is 0.400. The Bertz CT molecular complexity index is 635. The monoisotopic (exact) mass is 286 g/mol. The highest BCUT2D eigenvalue weighted by Crippen LogP contribution is 2.22. The molecule has 1 aliphatic heterocycles. The number of hydrogen-bond acceptors (Lipinski definition) is 4. The van der Waals surface area contributed by atoms with E-state index >= 15 is 0 Å². The number of anilines is 1. The first kappa shape index (κ1) is 13.8. The van der Waals surface area contributed by atoms with Gasteiger partial charge in [0.2, 0.25) is 0 Å². The molecule has 1 fully saturated rings. The summed E-state index contributed by atoms with van der Waals surface area (Å²) >= 11 is 0. The summed E-state index contributed by atoms with van der Waals surface area (Å²) in [5.74, 6) is 0.589. The Balaban J connectivity index is 1.66. The summed E-state index contributed by atoms with van der Waals surface area (Å²) in [6, 6.07) is 7.48. The zero-order valence-electron chi connectivity index (χ0n) is 12.1. The Hall–Kier alpha value is -2.21. The van der Waals surface area contributed by atoms with Crippen LogP contribution in [0.5, 0.6) is 0 Å². The minimum atomic E-state index is -0.336. The molecular formula is C15H18N4O2. The number of amides is 1. The zero-order chi connectivity index (χ0) is 14.8. The van der Waals surface area contributed by atoms with E-state index in [1.54, 1.807) is 11.0 Å². The maximum Gasteiger partial charge on any atom is 0.253 e. The van der Waals surface area contributed by atoms with E-state index in [1.165, 1.54) is 0 Å². The lowest BCUT2D eigenvalue weighted by atomic mass is 10.1. The topological polar surface area (TPSA) is 69.0 Å². The molecule has 21 heavy (non-hydrogen) atoms. The number of aromatic nitrogens is 3. The highest BCUT2D eigenvalue weighted by molar-refractivity contribution is 5.94. The van der Waals surface area contributed by atoms with Gasteiger partial charge in [0, 0.05) is 18.3 Å². The van der Waals surface area contributed by atoms with E-state index in [0.717, 1.165) is 24.1 Å². The Morgan fingerprint density at radius 1 is 1.33 bits per heavy atom. The zero-order valence-corrected chi connectivity index (χ0v) is 12.1. The normalized spacial score (nSPS) is 21.4. The van der Waals surface area contributed by atoms with Crippen LogP contribution in [0.25, 0.3) is 11.4 Å². The lowest BCUT2D eigenvalue weighted by Crippen LogP contribution is -2.27. The maximum absolute atomic E-state index is 12.1. The van der Waals surface area contributed by atoms with E-state index in [-0.39, 0.29) is 18.1 Å². The van der Waals surface area contributed by atoms with Gasteiger partial charge < -0.3 is 10.1 Å². The maximum atomic E-state index is 12.1. The Morgan fingerprint density at radius 2 is 2.10 bits per heavy atom. The molecule has 0 saturated carbocycles. The van der Waals surface area contributed by atoms with Gasteiger partial charge >= 0.3 is 0 Å². The molecule has 3 rings (SSSR count). The lowest BCUT2D eigenvalue weighted by Gasteiger charge is -2.11. The van der Waals surface area contributed by atoms with Crippen LogP contribution in [0.4, 0.5) is 5.69 Å². The first-order valence-electron chi connectivity index (χ1n) is 7.04. The molecule has 0 radical (unpaired) electrons. The van der Waals surface area contributed by atoms with Gasteiger partial charge in [-0.15, -0.1) is 0 Å². The fourth-order valence-corrected chi connectivity index (χ4v) is 2.39. The smallest absolute Gasteiger partial charge is 0.253 e. The van der Waals surface area contributed by atoms with Crippen LogP contribution in [0.15, 0.2) is 30.6 Å². The molecule has 1 saturated heterocycles. The predicted molar refractivity (Wildman–Crippen MR) is 78.6 cm³/mol. The van der Waals surface area contributed by atoms with Gasteiger partial charge in [-0.25, -0.2) is 4.98 Å². The third-order valence-corrected chi connectivity index (χ3v) is 3.53. The molecule has 2 atom stereocenters. The van der Waals surface area contributed by atoms with Crippen molar-refractivity contribution in [2.45, 2.75) is 32.0 Å². The average Bonchev–Trinajstić information content (AvgIpc) is 3.08. The van der Waals surface area contributed by atoms with Crippen molar-refractivity contribution in [3.8, 4) is 11.4 Å². The molecule has 6 nitrogen and oxygen atoms in total. The number of ether oxygens (including phenoxy) is 1. The summed E-state index contributed by atoms with van der Waals surface area (Å²) in [6.07, 6.45) is 3.20. The van der Waals surface area contributed by atoms with Crippen LogP contribution < -0.4 is 5.32 Å². The van der Waals surface area contributed by atoms with Crippen LogP contribution >= 0.6 is 0 Å². The molecule has 0 unspecified atom stereocenters. The quantitative estimate of drug-likeness (QED) is 0.937. The molecule has 2 heterocycles. The van der Waals surface area contributed by atoms with Gasteiger partial charge in [0.05, 0.1) is 6.10 Å². The molecule has 1 aromatic carbocycles. The summed E-state index contributed by atoms with van der Waals surface area (Å²) < 4.78 is 7.21. The van der Waals surface area contributed by atoms with E-state index in [1.807, 2.05) is 38.2 Å². The summed E-state index contributed by atoms with van der Waals surface area (Å²) in [4.78, 5) is 16.2. The molecule has 0 aliphatic carbocycles. The Kier molecular flexibility index (Phi) is 3.70.